The van der Waals surface area contributed by atoms with Gasteiger partial charge in [-0.3, -0.25) is 0 Å². The number of nitrogens with one attached hydrogen (secondary N) is 1. The van der Waals surface area contributed by atoms with E-state index in [1.807, 2.05) is 13.1 Å². The third-order valence-corrected chi connectivity index (χ3v) is 3.85. The molecule has 0 saturated heterocycles. The molecular weight excluding hydrogens is 272 g/mol. The third kappa shape index (κ3) is 3.55. The molecule has 3 heteroatoms. The van der Waals surface area contributed by atoms with Crippen molar-refractivity contribution in [3.8, 4) is 0 Å². The van der Waals surface area contributed by atoms with E-state index in [1.54, 1.807) is 0 Å². The van der Waals surface area contributed by atoms with Gasteiger partial charge in [0.25, 0.3) is 0 Å². The standard InChI is InChI=1S/C19H22N2O/c1-14-6-8-15(9-7-14)4-3-5-19-21-17-12-16(13-20-2)10-11-18(17)22-19/h6-12,20H,3-5,13H2,1-2H3. The van der Waals surface area contributed by atoms with Crippen molar-refractivity contribution in [3.63, 3.8) is 0 Å². The molecule has 0 fully saturated rings. The minimum atomic E-state index is 0.837. The van der Waals surface area contributed by atoms with Gasteiger partial charge in [-0.2, -0.15) is 0 Å². The lowest BCUT2D eigenvalue weighted by Crippen LogP contribution is -2.04. The van der Waals surface area contributed by atoms with Gasteiger partial charge in [-0.05, 0) is 50.1 Å². The van der Waals surface area contributed by atoms with Crippen molar-refractivity contribution in [1.82, 2.24) is 10.3 Å². The summed E-state index contributed by atoms with van der Waals surface area (Å²) in [6.07, 6.45) is 2.99. The highest BCUT2D eigenvalue weighted by atomic mass is 16.3. The third-order valence-electron chi connectivity index (χ3n) is 3.85. The van der Waals surface area contributed by atoms with Crippen molar-refractivity contribution in [2.45, 2.75) is 32.7 Å². The molecule has 3 nitrogen and oxygen atoms in total. The molecular formula is C19H22N2O. The summed E-state index contributed by atoms with van der Waals surface area (Å²) in [6.45, 7) is 2.97. The SMILES string of the molecule is CNCc1ccc2oc(CCCc3ccc(C)cc3)nc2c1. The summed E-state index contributed by atoms with van der Waals surface area (Å²) < 4.78 is 5.83. The molecule has 0 unspecified atom stereocenters. The highest BCUT2D eigenvalue weighted by molar-refractivity contribution is 5.73. The lowest BCUT2D eigenvalue weighted by atomic mass is 10.1. The molecule has 0 radical (unpaired) electrons. The van der Waals surface area contributed by atoms with E-state index in [0.717, 1.165) is 42.8 Å². The van der Waals surface area contributed by atoms with Crippen LogP contribution >= 0.6 is 0 Å². The first-order valence-corrected chi connectivity index (χ1v) is 7.83. The van der Waals surface area contributed by atoms with Gasteiger partial charge < -0.3 is 9.73 Å². The van der Waals surface area contributed by atoms with Crippen molar-refractivity contribution in [2.24, 2.45) is 0 Å². The Morgan fingerprint density at radius 1 is 1.00 bits per heavy atom. The molecule has 0 bridgehead atoms. The zero-order valence-electron chi connectivity index (χ0n) is 13.2. The monoisotopic (exact) mass is 294 g/mol. The molecule has 1 heterocycles. The molecule has 0 amide bonds. The molecule has 0 aliphatic carbocycles. The van der Waals surface area contributed by atoms with Crippen LogP contribution in [0.2, 0.25) is 0 Å². The molecule has 0 aliphatic rings. The molecule has 0 atom stereocenters. The molecule has 1 aromatic heterocycles. The Labute approximate surface area is 131 Å². The first-order valence-electron chi connectivity index (χ1n) is 7.83. The Morgan fingerprint density at radius 2 is 1.77 bits per heavy atom. The number of fused-ring (bicyclic) bond motifs is 1. The van der Waals surface area contributed by atoms with E-state index in [0.29, 0.717) is 0 Å². The second kappa shape index (κ2) is 6.75. The predicted octanol–water partition coefficient (Wildman–Crippen LogP) is 4.03. The number of hydrogen-bond acceptors (Lipinski definition) is 3. The largest absolute Gasteiger partial charge is 0.441 e. The lowest BCUT2D eigenvalue weighted by molar-refractivity contribution is 0.519. The van der Waals surface area contributed by atoms with Gasteiger partial charge in [0, 0.05) is 13.0 Å². The van der Waals surface area contributed by atoms with Gasteiger partial charge in [0.1, 0.15) is 5.52 Å². The van der Waals surface area contributed by atoms with E-state index in [-0.39, 0.29) is 0 Å². The van der Waals surface area contributed by atoms with Crippen LogP contribution in [-0.4, -0.2) is 12.0 Å². The number of benzene rings is 2. The predicted molar refractivity (Wildman–Crippen MR) is 90.0 cm³/mol. The van der Waals surface area contributed by atoms with Crippen molar-refractivity contribution >= 4 is 11.1 Å². The average Bonchev–Trinajstić information content (AvgIpc) is 2.91. The van der Waals surface area contributed by atoms with Crippen molar-refractivity contribution in [3.05, 3.63) is 65.0 Å². The summed E-state index contributed by atoms with van der Waals surface area (Å²) in [7, 11) is 1.95. The Bertz CT molecular complexity index is 744. The summed E-state index contributed by atoms with van der Waals surface area (Å²) in [5, 5.41) is 3.15. The zero-order chi connectivity index (χ0) is 15.4. The maximum absolute atomic E-state index is 5.83. The van der Waals surface area contributed by atoms with Crippen LogP contribution in [0.1, 0.15) is 29.0 Å². The highest BCUT2D eigenvalue weighted by Gasteiger charge is 2.06. The van der Waals surface area contributed by atoms with Gasteiger partial charge in [0.15, 0.2) is 11.5 Å². The van der Waals surface area contributed by atoms with E-state index in [9.17, 15) is 0 Å². The van der Waals surface area contributed by atoms with Gasteiger partial charge in [-0.1, -0.05) is 35.9 Å². The number of oxazole rings is 1. The molecule has 2 aromatic carbocycles. The van der Waals surface area contributed by atoms with E-state index in [4.69, 9.17) is 4.42 Å². The molecule has 0 spiro atoms. The first kappa shape index (κ1) is 14.8. The van der Waals surface area contributed by atoms with Crippen LogP contribution in [0.25, 0.3) is 11.1 Å². The Hall–Kier alpha value is -2.13. The Morgan fingerprint density at radius 3 is 2.55 bits per heavy atom. The summed E-state index contributed by atoms with van der Waals surface area (Å²) >= 11 is 0. The quantitative estimate of drug-likeness (QED) is 0.746. The fraction of sp³-hybridized carbons (Fsp3) is 0.316. The van der Waals surface area contributed by atoms with Crippen LogP contribution in [0.3, 0.4) is 0 Å². The molecule has 22 heavy (non-hydrogen) atoms. The number of aryl methyl sites for hydroxylation is 3. The van der Waals surface area contributed by atoms with Crippen LogP contribution < -0.4 is 5.32 Å². The highest BCUT2D eigenvalue weighted by Crippen LogP contribution is 2.19. The van der Waals surface area contributed by atoms with E-state index in [2.05, 4.69) is 53.6 Å². The minimum absolute atomic E-state index is 0.837. The molecule has 0 aliphatic heterocycles. The summed E-state index contributed by atoms with van der Waals surface area (Å²) in [5.41, 5.74) is 5.75. The van der Waals surface area contributed by atoms with Crippen LogP contribution in [0.15, 0.2) is 46.9 Å². The van der Waals surface area contributed by atoms with Gasteiger partial charge in [-0.15, -0.1) is 0 Å². The number of hydrogen-bond donors (Lipinski definition) is 1. The minimum Gasteiger partial charge on any atom is -0.441 e. The summed E-state index contributed by atoms with van der Waals surface area (Å²) in [6, 6.07) is 14.9. The van der Waals surface area contributed by atoms with Gasteiger partial charge >= 0.3 is 0 Å². The van der Waals surface area contributed by atoms with E-state index >= 15 is 0 Å². The fourth-order valence-corrected chi connectivity index (χ4v) is 2.64. The Kier molecular flexibility index (Phi) is 4.54. The topological polar surface area (TPSA) is 38.1 Å². The van der Waals surface area contributed by atoms with Crippen LogP contribution in [0.4, 0.5) is 0 Å². The summed E-state index contributed by atoms with van der Waals surface area (Å²) in [4.78, 5) is 4.61. The zero-order valence-corrected chi connectivity index (χ0v) is 13.2. The maximum atomic E-state index is 5.83. The first-order chi connectivity index (χ1) is 10.7. The second-order valence-electron chi connectivity index (χ2n) is 5.78. The molecule has 114 valence electrons. The van der Waals surface area contributed by atoms with Crippen molar-refractivity contribution in [1.29, 1.82) is 0 Å². The molecule has 1 N–H and O–H groups in total. The molecule has 3 aromatic rings. The number of nitrogens with zero attached hydrogens (tertiary/aromatic N) is 1. The second-order valence-corrected chi connectivity index (χ2v) is 5.78. The van der Waals surface area contributed by atoms with Crippen LogP contribution in [0, 0.1) is 6.92 Å². The Balaban J connectivity index is 1.62. The average molecular weight is 294 g/mol. The van der Waals surface area contributed by atoms with E-state index < -0.39 is 0 Å². The van der Waals surface area contributed by atoms with Gasteiger partial charge in [-0.25, -0.2) is 4.98 Å². The van der Waals surface area contributed by atoms with Crippen molar-refractivity contribution < 1.29 is 4.42 Å². The van der Waals surface area contributed by atoms with E-state index in [1.165, 1.54) is 16.7 Å². The summed E-state index contributed by atoms with van der Waals surface area (Å²) in [5.74, 6) is 0.837. The normalized spacial score (nSPS) is 11.2. The lowest BCUT2D eigenvalue weighted by Gasteiger charge is -2.00. The van der Waals surface area contributed by atoms with Crippen LogP contribution in [-0.2, 0) is 19.4 Å². The number of rotatable bonds is 6. The maximum Gasteiger partial charge on any atom is 0.195 e. The fourth-order valence-electron chi connectivity index (χ4n) is 2.64. The molecule has 0 saturated carbocycles. The van der Waals surface area contributed by atoms with Crippen molar-refractivity contribution in [2.75, 3.05) is 7.05 Å². The van der Waals surface area contributed by atoms with Gasteiger partial charge in [0.2, 0.25) is 0 Å². The van der Waals surface area contributed by atoms with Crippen LogP contribution in [0.5, 0.6) is 0 Å². The smallest absolute Gasteiger partial charge is 0.195 e. The number of aromatic nitrogens is 1. The molecule has 3 rings (SSSR count). The van der Waals surface area contributed by atoms with Gasteiger partial charge in [0.05, 0.1) is 0 Å².